The van der Waals surface area contributed by atoms with Crippen LogP contribution in [-0.4, -0.2) is 119 Å². The van der Waals surface area contributed by atoms with Gasteiger partial charge in [-0.3, -0.25) is 24.0 Å². The Labute approximate surface area is 360 Å². The number of hydrogen-bond donors (Lipinski definition) is 5. The molecule has 0 aliphatic carbocycles. The molecule has 2 saturated heterocycles. The smallest absolute Gasteiger partial charge is 0.335 e. The van der Waals surface area contributed by atoms with Gasteiger partial charge in [-0.2, -0.15) is 0 Å². The summed E-state index contributed by atoms with van der Waals surface area (Å²) in [6.45, 7) is 18.1. The first-order valence-corrected chi connectivity index (χ1v) is 21.5. The molecule has 0 saturated carbocycles. The molecule has 2 unspecified atom stereocenters. The van der Waals surface area contributed by atoms with Gasteiger partial charge in [0.2, 0.25) is 29.5 Å². The Balaban J connectivity index is 2.12. The third-order valence-corrected chi connectivity index (χ3v) is 10.9. The molecule has 61 heavy (non-hydrogen) atoms. The van der Waals surface area contributed by atoms with E-state index in [4.69, 9.17) is 18.9 Å². The minimum Gasteiger partial charge on any atom is -0.488 e. The number of carboxylic acids is 1. The number of cyclic esters (lactones) is 1. The van der Waals surface area contributed by atoms with E-state index in [0.717, 1.165) is 0 Å². The first kappa shape index (κ1) is 50.6. The van der Waals surface area contributed by atoms with Crippen LogP contribution in [0.3, 0.4) is 0 Å². The summed E-state index contributed by atoms with van der Waals surface area (Å²) in [5.74, 6) is -5.49. The zero-order valence-electron chi connectivity index (χ0n) is 37.7. The molecule has 2 fully saturated rings. The topological polar surface area (TPSA) is 228 Å². The number of likely N-dealkylation sites (N-methyl/N-ethyl adjacent to an activating group) is 1. The van der Waals surface area contributed by atoms with Gasteiger partial charge < -0.3 is 50.2 Å². The third-order valence-electron chi connectivity index (χ3n) is 10.9. The summed E-state index contributed by atoms with van der Waals surface area (Å²) in [7, 11) is 1.47. The average molecular weight is 860 g/mol. The Hall–Kier alpha value is -4.77. The van der Waals surface area contributed by atoms with E-state index in [-0.39, 0.29) is 44.6 Å². The summed E-state index contributed by atoms with van der Waals surface area (Å²) in [6, 6.07) is 1.24. The molecule has 0 spiro atoms. The fraction of sp³-hybridized carbons (Fsp3) is 0.705. The molecular weight excluding hydrogens is 791 g/mol. The van der Waals surface area contributed by atoms with Gasteiger partial charge in [-0.15, -0.1) is 0 Å². The molecule has 0 radical (unpaired) electrons. The summed E-state index contributed by atoms with van der Waals surface area (Å²) in [5, 5.41) is 20.6. The van der Waals surface area contributed by atoms with Crippen LogP contribution < -0.4 is 26.0 Å². The molecular formula is C44H69N5O12. The van der Waals surface area contributed by atoms with Gasteiger partial charge in [-0.1, -0.05) is 66.5 Å². The quantitative estimate of drug-likeness (QED) is 0.180. The van der Waals surface area contributed by atoms with Gasteiger partial charge in [0, 0.05) is 19.9 Å². The molecule has 2 aliphatic heterocycles. The molecule has 10 atom stereocenters. The Morgan fingerprint density at radius 1 is 0.852 bits per heavy atom. The number of hydrogen-bond acceptors (Lipinski definition) is 11. The number of carboxylic acid groups (broad SMARTS) is 1. The molecule has 0 bridgehead atoms. The van der Waals surface area contributed by atoms with Gasteiger partial charge in [0.1, 0.15) is 47.7 Å². The Morgan fingerprint density at radius 3 is 2.00 bits per heavy atom. The summed E-state index contributed by atoms with van der Waals surface area (Å²) in [6.07, 6.45) is -2.36. The van der Waals surface area contributed by atoms with Crippen LogP contribution in [0.5, 0.6) is 5.75 Å². The van der Waals surface area contributed by atoms with Gasteiger partial charge in [-0.05, 0) is 76.0 Å². The molecule has 3 rings (SSSR count). The molecule has 2 heterocycles. The zero-order valence-corrected chi connectivity index (χ0v) is 37.7. The van der Waals surface area contributed by atoms with Crippen LogP contribution in [0.2, 0.25) is 0 Å². The van der Waals surface area contributed by atoms with Crippen LogP contribution in [0.4, 0.5) is 0 Å². The third kappa shape index (κ3) is 15.6. The maximum absolute atomic E-state index is 14.7. The highest BCUT2D eigenvalue weighted by molar-refractivity contribution is 5.96. The van der Waals surface area contributed by atoms with Crippen molar-refractivity contribution in [2.75, 3.05) is 13.7 Å². The highest BCUT2D eigenvalue weighted by Gasteiger charge is 2.40. The summed E-state index contributed by atoms with van der Waals surface area (Å²) in [5.41, 5.74) is 0.232. The fourth-order valence-electron chi connectivity index (χ4n) is 7.02. The van der Waals surface area contributed by atoms with E-state index in [1.165, 1.54) is 18.9 Å². The maximum Gasteiger partial charge on any atom is 0.335 e. The lowest BCUT2D eigenvalue weighted by atomic mass is 9.94. The van der Waals surface area contributed by atoms with Crippen molar-refractivity contribution in [3.63, 3.8) is 0 Å². The Bertz CT molecular complexity index is 1680. The van der Waals surface area contributed by atoms with Crippen LogP contribution in [0.25, 0.3) is 0 Å². The van der Waals surface area contributed by atoms with Gasteiger partial charge in [0.25, 0.3) is 0 Å². The van der Waals surface area contributed by atoms with E-state index in [1.807, 2.05) is 48.5 Å². The SMILES string of the molecule is CC[C@H](C)[C@@H]1NC(=O)[C@H](Cc2ccc(OC(C)(C)C)cc2)N(C)C(=O)[C@H]([C@@H](C)CC)NC(=O)[C@H](CCC2OCC(C(=O)O)O2)NC(=O)[C@H](CC(C)C)NC(=O)C[C@@H](C)OC1=O. The van der Waals surface area contributed by atoms with Crippen molar-refractivity contribution in [3.8, 4) is 5.75 Å². The van der Waals surface area contributed by atoms with Gasteiger partial charge >= 0.3 is 11.9 Å². The highest BCUT2D eigenvalue weighted by atomic mass is 16.7. The zero-order chi connectivity index (χ0) is 45.8. The van der Waals surface area contributed by atoms with E-state index in [0.29, 0.717) is 24.2 Å². The van der Waals surface area contributed by atoms with Crippen molar-refractivity contribution in [2.24, 2.45) is 17.8 Å². The molecule has 5 amide bonds. The lowest BCUT2D eigenvalue weighted by Gasteiger charge is -2.35. The fourth-order valence-corrected chi connectivity index (χ4v) is 7.02. The number of esters is 1. The van der Waals surface area contributed by atoms with Crippen molar-refractivity contribution < 1.29 is 57.6 Å². The lowest BCUT2D eigenvalue weighted by molar-refractivity contribution is -0.155. The van der Waals surface area contributed by atoms with Gasteiger partial charge in [0.15, 0.2) is 12.4 Å². The van der Waals surface area contributed by atoms with E-state index in [9.17, 15) is 38.7 Å². The minimum atomic E-state index is -1.29. The second kappa shape index (κ2) is 22.9. The number of rotatable bonds is 13. The number of aliphatic carboxylic acids is 1. The number of ether oxygens (including phenoxy) is 4. The van der Waals surface area contributed by atoms with Gasteiger partial charge in [0.05, 0.1) is 13.0 Å². The predicted octanol–water partition coefficient (Wildman–Crippen LogP) is 3.25. The molecule has 0 aromatic heterocycles. The van der Waals surface area contributed by atoms with Crippen molar-refractivity contribution in [2.45, 2.75) is 168 Å². The Kier molecular flexibility index (Phi) is 19.0. The molecule has 2 aliphatic rings. The first-order valence-electron chi connectivity index (χ1n) is 21.5. The summed E-state index contributed by atoms with van der Waals surface area (Å²) in [4.78, 5) is 97.5. The Morgan fingerprint density at radius 2 is 1.44 bits per heavy atom. The number of carbonyl (C=O) groups excluding carboxylic acids is 6. The van der Waals surface area contributed by atoms with Crippen LogP contribution >= 0.6 is 0 Å². The van der Waals surface area contributed by atoms with Crippen LogP contribution in [-0.2, 0) is 54.2 Å². The van der Waals surface area contributed by atoms with Gasteiger partial charge in [-0.25, -0.2) is 9.59 Å². The number of benzene rings is 1. The lowest BCUT2D eigenvalue weighted by Crippen LogP contribution is -2.61. The second-order valence-corrected chi connectivity index (χ2v) is 17.8. The second-order valence-electron chi connectivity index (χ2n) is 17.8. The number of nitrogens with zero attached hydrogens (tertiary/aromatic N) is 1. The van der Waals surface area contributed by atoms with E-state index >= 15 is 0 Å². The molecule has 17 nitrogen and oxygen atoms in total. The highest BCUT2D eigenvalue weighted by Crippen LogP contribution is 2.23. The standard InChI is InChI=1S/C44H69N5O12/c1-12-25(5)36-41(54)49(11)32(22-28-14-16-29(17-15-28)61-44(8,9)10)40(53)48-37(26(6)13-2)43(57)59-27(7)21-34(50)45-31(20-24(3)4)39(52)46-30(38(51)47-36)18-19-35-58-23-33(60-35)42(55)56/h14-17,24-27,30-33,35-37H,12-13,18-23H2,1-11H3,(H,45,50)(H,46,52)(H,47,51)(H,48,53)(H,55,56)/t25-,26-,27+,30-,31-,32-,33?,35?,36-,37-/m0/s1. The van der Waals surface area contributed by atoms with Crippen molar-refractivity contribution >= 4 is 41.5 Å². The predicted molar refractivity (Wildman–Crippen MR) is 225 cm³/mol. The van der Waals surface area contributed by atoms with E-state index < -0.39 is 108 Å². The van der Waals surface area contributed by atoms with Crippen molar-refractivity contribution in [3.05, 3.63) is 29.8 Å². The number of nitrogens with one attached hydrogen (secondary N) is 4. The average Bonchev–Trinajstić information content (AvgIpc) is 3.67. The van der Waals surface area contributed by atoms with Crippen LogP contribution in [0.15, 0.2) is 24.3 Å². The molecule has 1 aromatic carbocycles. The number of amides is 5. The van der Waals surface area contributed by atoms with Crippen LogP contribution in [0.1, 0.15) is 113 Å². The van der Waals surface area contributed by atoms with E-state index in [1.54, 1.807) is 38.1 Å². The normalized spacial score (nSPS) is 27.7. The number of carbonyl (C=O) groups is 7. The monoisotopic (exact) mass is 859 g/mol. The molecule has 5 N–H and O–H groups in total. The largest absolute Gasteiger partial charge is 0.488 e. The molecule has 342 valence electrons. The van der Waals surface area contributed by atoms with Crippen molar-refractivity contribution in [1.29, 1.82) is 0 Å². The first-order chi connectivity index (χ1) is 28.5. The summed E-state index contributed by atoms with van der Waals surface area (Å²) >= 11 is 0. The summed E-state index contributed by atoms with van der Waals surface area (Å²) < 4.78 is 22.7. The van der Waals surface area contributed by atoms with E-state index in [2.05, 4.69) is 21.3 Å². The molecule has 17 heteroatoms. The molecule has 1 aromatic rings. The maximum atomic E-state index is 14.7. The minimum absolute atomic E-state index is 0.00720. The van der Waals surface area contributed by atoms with Crippen molar-refractivity contribution in [1.82, 2.24) is 26.2 Å². The van der Waals surface area contributed by atoms with Crippen LogP contribution in [0, 0.1) is 17.8 Å².